The number of aliphatic imine (C=N–C) groups is 1. The SMILES string of the molecule is C=CC[C@@]1(C(=O)N2CCCCC2)N=C(c2ccc(OCCCO)cc2)O[C@@H]1c1ccccc1N=[N+]=[N-]. The van der Waals surface area contributed by atoms with Crippen LogP contribution in [0.1, 0.15) is 49.3 Å². The molecule has 2 aliphatic rings. The Balaban J connectivity index is 1.76. The van der Waals surface area contributed by atoms with Gasteiger partial charge in [0.25, 0.3) is 5.91 Å². The molecule has 2 aliphatic heterocycles. The smallest absolute Gasteiger partial charge is 0.255 e. The van der Waals surface area contributed by atoms with E-state index in [1.165, 1.54) is 0 Å². The maximum atomic E-state index is 14.1. The van der Waals surface area contributed by atoms with Crippen LogP contribution in [0.25, 0.3) is 10.4 Å². The molecule has 0 spiro atoms. The van der Waals surface area contributed by atoms with Gasteiger partial charge in [-0.15, -0.1) is 6.58 Å². The fraction of sp³-hybridized carbons (Fsp3) is 0.407. The topological polar surface area (TPSA) is 120 Å². The number of hydrogen-bond donors (Lipinski definition) is 1. The Hall–Kier alpha value is -3.81. The normalized spacial score (nSPS) is 21.2. The molecule has 1 amide bonds. The van der Waals surface area contributed by atoms with Crippen LogP contribution >= 0.6 is 0 Å². The summed E-state index contributed by atoms with van der Waals surface area (Å²) in [6.07, 6.45) is 4.71. The maximum absolute atomic E-state index is 14.1. The number of carbonyl (C=O) groups excluding carboxylic acids is 1. The number of rotatable bonds is 10. The highest BCUT2D eigenvalue weighted by Gasteiger charge is 2.54. The number of aliphatic hydroxyl groups excluding tert-OH is 1. The quantitative estimate of drug-likeness (QED) is 0.161. The van der Waals surface area contributed by atoms with E-state index in [4.69, 9.17) is 25.1 Å². The van der Waals surface area contributed by atoms with Crippen molar-refractivity contribution in [3.05, 3.63) is 82.8 Å². The molecule has 0 aromatic heterocycles. The Kier molecular flexibility index (Phi) is 8.25. The van der Waals surface area contributed by atoms with Gasteiger partial charge < -0.3 is 19.5 Å². The minimum absolute atomic E-state index is 0.0673. The Morgan fingerprint density at radius 3 is 2.69 bits per heavy atom. The summed E-state index contributed by atoms with van der Waals surface area (Å²) >= 11 is 0. The van der Waals surface area contributed by atoms with Gasteiger partial charge in [-0.1, -0.05) is 35.5 Å². The molecule has 0 unspecified atom stereocenters. The minimum Gasteiger partial charge on any atom is -0.494 e. The summed E-state index contributed by atoms with van der Waals surface area (Å²) in [5.74, 6) is 0.893. The third-order valence-electron chi connectivity index (χ3n) is 6.48. The molecule has 1 N–H and O–H groups in total. The monoisotopic (exact) mass is 489 g/mol. The van der Waals surface area contributed by atoms with Crippen LogP contribution in [0, 0.1) is 0 Å². The summed E-state index contributed by atoms with van der Waals surface area (Å²) < 4.78 is 12.1. The molecule has 0 radical (unpaired) electrons. The highest BCUT2D eigenvalue weighted by molar-refractivity contribution is 6.01. The van der Waals surface area contributed by atoms with Gasteiger partial charge in [0.2, 0.25) is 5.90 Å². The van der Waals surface area contributed by atoms with Crippen molar-refractivity contribution >= 4 is 17.5 Å². The standard InChI is InChI=1S/C27H31N5O4/c1-2-15-27(26(34)32-16-6-3-7-17-32)24(22-9-4-5-10-23(22)30-31-28)36-25(29-27)20-11-13-21(14-12-20)35-19-8-18-33/h2,4-5,9-14,24,33H,1,3,6-8,15-19H2/t24-,27-/m1/s1. The molecule has 1 saturated heterocycles. The number of nitrogens with zero attached hydrogens (tertiary/aromatic N) is 5. The summed E-state index contributed by atoms with van der Waals surface area (Å²) in [4.78, 5) is 23.9. The second-order valence-corrected chi connectivity index (χ2v) is 8.88. The first kappa shape index (κ1) is 25.3. The van der Waals surface area contributed by atoms with Crippen LogP contribution in [0.3, 0.4) is 0 Å². The average molecular weight is 490 g/mol. The zero-order chi connectivity index (χ0) is 25.4. The van der Waals surface area contributed by atoms with Crippen LogP contribution in [-0.4, -0.2) is 53.7 Å². The fourth-order valence-corrected chi connectivity index (χ4v) is 4.72. The van der Waals surface area contributed by atoms with Crippen LogP contribution < -0.4 is 4.74 Å². The van der Waals surface area contributed by atoms with Crippen molar-refractivity contribution in [1.29, 1.82) is 0 Å². The van der Waals surface area contributed by atoms with Crippen LogP contribution in [-0.2, 0) is 9.53 Å². The number of carbonyl (C=O) groups is 1. The Morgan fingerprint density at radius 1 is 1.25 bits per heavy atom. The highest BCUT2D eigenvalue weighted by Crippen LogP contribution is 2.46. The number of ether oxygens (including phenoxy) is 2. The van der Waals surface area contributed by atoms with Crippen molar-refractivity contribution < 1.29 is 19.4 Å². The number of aliphatic hydroxyl groups is 1. The predicted octanol–water partition coefficient (Wildman–Crippen LogP) is 5.24. The molecule has 2 heterocycles. The van der Waals surface area contributed by atoms with Gasteiger partial charge in [0.05, 0.1) is 6.61 Å². The lowest BCUT2D eigenvalue weighted by molar-refractivity contribution is -0.140. The summed E-state index contributed by atoms with van der Waals surface area (Å²) in [5.41, 5.74) is 9.57. The summed E-state index contributed by atoms with van der Waals surface area (Å²) in [7, 11) is 0. The van der Waals surface area contributed by atoms with E-state index in [1.807, 2.05) is 41.3 Å². The Bertz CT molecular complexity index is 1150. The van der Waals surface area contributed by atoms with Gasteiger partial charge in [-0.3, -0.25) is 4.79 Å². The lowest BCUT2D eigenvalue weighted by Crippen LogP contribution is -2.51. The molecular weight excluding hydrogens is 458 g/mol. The van der Waals surface area contributed by atoms with E-state index in [1.54, 1.807) is 18.2 Å². The van der Waals surface area contributed by atoms with E-state index in [2.05, 4.69) is 16.6 Å². The minimum atomic E-state index is -1.27. The second kappa shape index (κ2) is 11.7. The van der Waals surface area contributed by atoms with Gasteiger partial charge in [0.1, 0.15) is 5.75 Å². The largest absolute Gasteiger partial charge is 0.494 e. The van der Waals surface area contributed by atoms with E-state index >= 15 is 0 Å². The Morgan fingerprint density at radius 2 is 2.00 bits per heavy atom. The van der Waals surface area contributed by atoms with Crippen LogP contribution in [0.15, 0.2) is 71.3 Å². The second-order valence-electron chi connectivity index (χ2n) is 8.88. The summed E-state index contributed by atoms with van der Waals surface area (Å²) in [6, 6.07) is 14.4. The van der Waals surface area contributed by atoms with E-state index in [-0.39, 0.29) is 18.9 Å². The third kappa shape index (κ3) is 5.22. The molecule has 0 aliphatic carbocycles. The molecule has 0 bridgehead atoms. The van der Waals surface area contributed by atoms with Crippen molar-refractivity contribution in [2.75, 3.05) is 26.3 Å². The molecule has 9 heteroatoms. The van der Waals surface area contributed by atoms with Gasteiger partial charge in [0, 0.05) is 54.3 Å². The van der Waals surface area contributed by atoms with Gasteiger partial charge >= 0.3 is 0 Å². The van der Waals surface area contributed by atoms with Gasteiger partial charge in [-0.25, -0.2) is 4.99 Å². The summed E-state index contributed by atoms with van der Waals surface area (Å²) in [5, 5.41) is 12.8. The number of piperidine rings is 1. The zero-order valence-corrected chi connectivity index (χ0v) is 20.3. The maximum Gasteiger partial charge on any atom is 0.255 e. The highest BCUT2D eigenvalue weighted by atomic mass is 16.5. The lowest BCUT2D eigenvalue weighted by Gasteiger charge is -2.37. The fourth-order valence-electron chi connectivity index (χ4n) is 4.72. The molecule has 4 rings (SSSR count). The first-order valence-corrected chi connectivity index (χ1v) is 12.3. The first-order chi connectivity index (χ1) is 17.6. The zero-order valence-electron chi connectivity index (χ0n) is 20.3. The molecule has 2 atom stereocenters. The summed E-state index contributed by atoms with van der Waals surface area (Å²) in [6.45, 7) is 5.75. The number of hydrogen-bond acceptors (Lipinski definition) is 6. The van der Waals surface area contributed by atoms with E-state index < -0.39 is 11.6 Å². The van der Waals surface area contributed by atoms with Crippen LogP contribution in [0.5, 0.6) is 5.75 Å². The molecule has 36 heavy (non-hydrogen) atoms. The predicted molar refractivity (Wildman–Crippen MR) is 137 cm³/mol. The number of amides is 1. The number of azide groups is 1. The number of benzene rings is 2. The average Bonchev–Trinajstić information content (AvgIpc) is 3.30. The van der Waals surface area contributed by atoms with E-state index in [0.717, 1.165) is 19.3 Å². The van der Waals surface area contributed by atoms with E-state index in [9.17, 15) is 4.79 Å². The van der Waals surface area contributed by atoms with Crippen molar-refractivity contribution in [2.24, 2.45) is 10.1 Å². The van der Waals surface area contributed by atoms with Gasteiger partial charge in [-0.2, -0.15) is 0 Å². The first-order valence-electron chi connectivity index (χ1n) is 12.3. The van der Waals surface area contributed by atoms with Crippen LogP contribution in [0.2, 0.25) is 0 Å². The molecule has 1 fully saturated rings. The Labute approximate surface area is 210 Å². The van der Waals surface area contributed by atoms with E-state index in [0.29, 0.717) is 54.6 Å². The molecule has 2 aromatic rings. The van der Waals surface area contributed by atoms with Crippen molar-refractivity contribution in [3.8, 4) is 5.75 Å². The van der Waals surface area contributed by atoms with Gasteiger partial charge in [0.15, 0.2) is 11.6 Å². The molecule has 2 aromatic carbocycles. The van der Waals surface area contributed by atoms with Crippen molar-refractivity contribution in [3.63, 3.8) is 0 Å². The third-order valence-corrected chi connectivity index (χ3v) is 6.48. The molecule has 188 valence electrons. The lowest BCUT2D eigenvalue weighted by atomic mass is 9.83. The molecule has 0 saturated carbocycles. The molecule has 9 nitrogen and oxygen atoms in total. The van der Waals surface area contributed by atoms with Crippen molar-refractivity contribution in [1.82, 2.24) is 4.90 Å². The van der Waals surface area contributed by atoms with Crippen LogP contribution in [0.4, 0.5) is 5.69 Å². The van der Waals surface area contributed by atoms with Gasteiger partial charge in [-0.05, 0) is 49.1 Å². The van der Waals surface area contributed by atoms with Crippen molar-refractivity contribution in [2.45, 2.75) is 43.7 Å². The number of likely N-dealkylation sites (tertiary alicyclic amines) is 1. The molecular formula is C27H31N5O4.